The second-order valence-electron chi connectivity index (χ2n) is 26.3. The molecule has 4 aliphatic rings. The maximum absolute atomic E-state index is 14.7. The van der Waals surface area contributed by atoms with E-state index >= 15 is 0 Å². The van der Waals surface area contributed by atoms with Crippen LogP contribution >= 0.6 is 22.7 Å². The number of aromatic nitrogens is 2. The van der Waals surface area contributed by atoms with Gasteiger partial charge in [-0.05, 0) is 169 Å². The average Bonchev–Trinajstić information content (AvgIpc) is 0.962. The van der Waals surface area contributed by atoms with Gasteiger partial charge in [-0.1, -0.05) is 94.3 Å². The molecule has 0 fully saturated rings. The monoisotopic (exact) mass is 1330 g/mol. The van der Waals surface area contributed by atoms with Crippen molar-refractivity contribution in [3.63, 3.8) is 0 Å². The molecule has 18 heteroatoms. The molecule has 0 saturated heterocycles. The predicted molar refractivity (Wildman–Crippen MR) is 383 cm³/mol. The van der Waals surface area contributed by atoms with E-state index in [0.29, 0.717) is 87.2 Å². The fourth-order valence-electron chi connectivity index (χ4n) is 14.5. The van der Waals surface area contributed by atoms with E-state index in [1.54, 1.807) is 0 Å². The largest absolute Gasteiger partial charge is 0.460 e. The van der Waals surface area contributed by atoms with Crippen LogP contribution in [0.2, 0.25) is 0 Å². The van der Waals surface area contributed by atoms with Crippen molar-refractivity contribution in [3.05, 3.63) is 163 Å². The Bertz CT molecular complexity index is 4670. The first-order valence-corrected chi connectivity index (χ1v) is 35.8. The number of para-hydroxylation sites is 2. The smallest absolute Gasteiger partial charge is 0.373 e. The van der Waals surface area contributed by atoms with Gasteiger partial charge in [0.1, 0.15) is 37.9 Å². The van der Waals surface area contributed by atoms with Crippen LogP contribution in [0, 0.1) is 0 Å². The maximum Gasteiger partial charge on any atom is 0.373 e. The third-order valence-corrected chi connectivity index (χ3v) is 20.6. The topological polar surface area (TPSA) is 194 Å². The summed E-state index contributed by atoms with van der Waals surface area (Å²) in [5.74, 6) is -0.386. The third-order valence-electron chi connectivity index (χ3n) is 18.5. The van der Waals surface area contributed by atoms with E-state index in [4.69, 9.17) is 33.1 Å². The molecule has 8 heterocycles. The van der Waals surface area contributed by atoms with Crippen LogP contribution in [-0.4, -0.2) is 102 Å². The standard InChI is InChI=1S/C41H45N3O5S.C36H37N3O3S.CO2/c1-5-6-21-44(24-13-20-33(45)49-41(2,3)4)39(46)28-16-8-7-15-27(28)34-30-25-26-14-11-22-43-23-12-17-29(36(26)43)37(30)48-40(47)35(34)38-42-31-18-9-10-19-32(31)50-38;1-3-5-19-39(18-4-2)35(40)25-14-7-6-13-24(25)30-27-22-23-12-10-20-38-21-11-15-26(32(23)38)33(27)42-36(41)31(30)34-37-28-16-8-9-17-29(28)43-34;2-1-3/h7-10,15-16,18-19,25H,5-6,11-14,17,20-24H2,1-4H3;6-9,13-14,16-17,22H,3-5,10-12,15,18-21H2,1-2H3;. The van der Waals surface area contributed by atoms with Crippen LogP contribution in [0.4, 0.5) is 11.4 Å². The molecule has 4 aromatic heterocycles. The molecule has 496 valence electrons. The Balaban J connectivity index is 0.000000178. The first-order valence-electron chi connectivity index (χ1n) is 34.1. The number of benzene rings is 6. The van der Waals surface area contributed by atoms with Crippen LogP contribution < -0.4 is 21.1 Å². The summed E-state index contributed by atoms with van der Waals surface area (Å²) in [5.41, 5.74) is 13.7. The van der Waals surface area contributed by atoms with Crippen LogP contribution in [0.1, 0.15) is 155 Å². The molecule has 0 bridgehead atoms. The quantitative estimate of drug-likeness (QED) is 0.0581. The number of unbranched alkanes of at least 4 members (excludes halogenated alkanes) is 2. The minimum atomic E-state index is -0.560. The summed E-state index contributed by atoms with van der Waals surface area (Å²) in [6.45, 7) is 18.4. The van der Waals surface area contributed by atoms with Gasteiger partial charge >= 0.3 is 23.4 Å². The summed E-state index contributed by atoms with van der Waals surface area (Å²) in [6.07, 6.45) is 13.4. The highest BCUT2D eigenvalue weighted by Crippen LogP contribution is 2.49. The number of anilines is 2. The zero-order valence-corrected chi connectivity index (χ0v) is 57.4. The van der Waals surface area contributed by atoms with E-state index in [2.05, 4.69) is 42.7 Å². The molecule has 16 nitrogen and oxygen atoms in total. The highest BCUT2D eigenvalue weighted by Gasteiger charge is 2.35. The van der Waals surface area contributed by atoms with Gasteiger partial charge in [-0.3, -0.25) is 14.4 Å². The Kier molecular flexibility index (Phi) is 20.6. The molecule has 10 aromatic rings. The summed E-state index contributed by atoms with van der Waals surface area (Å²) in [7, 11) is 0. The van der Waals surface area contributed by atoms with Gasteiger partial charge < -0.3 is 33.2 Å². The fraction of sp³-hybridized carbons (Fsp3) is 0.385. The second kappa shape index (κ2) is 29.5. The average molecular weight is 1330 g/mol. The lowest BCUT2D eigenvalue weighted by atomic mass is 9.86. The highest BCUT2D eigenvalue weighted by molar-refractivity contribution is 7.22. The van der Waals surface area contributed by atoms with Crippen LogP contribution in [-0.2, 0) is 44.8 Å². The van der Waals surface area contributed by atoms with Gasteiger partial charge in [0.05, 0.1) is 20.4 Å². The minimum Gasteiger partial charge on any atom is -0.460 e. The zero-order chi connectivity index (χ0) is 67.2. The molecular formula is C78H82N6O10S2. The summed E-state index contributed by atoms with van der Waals surface area (Å²) < 4.78 is 20.2. The highest BCUT2D eigenvalue weighted by atomic mass is 32.1. The van der Waals surface area contributed by atoms with E-state index < -0.39 is 16.9 Å². The summed E-state index contributed by atoms with van der Waals surface area (Å²) in [6, 6.07) is 35.7. The van der Waals surface area contributed by atoms with Crippen molar-refractivity contribution in [2.75, 3.05) is 62.2 Å². The molecule has 0 aliphatic carbocycles. The van der Waals surface area contributed by atoms with Crippen molar-refractivity contribution in [2.24, 2.45) is 0 Å². The van der Waals surface area contributed by atoms with E-state index in [1.807, 2.05) is 128 Å². The van der Waals surface area contributed by atoms with Crippen molar-refractivity contribution in [1.82, 2.24) is 19.8 Å². The number of thiazole rings is 2. The Morgan fingerprint density at radius 3 is 1.38 bits per heavy atom. The molecule has 0 radical (unpaired) electrons. The molecule has 0 unspecified atom stereocenters. The molecule has 14 rings (SSSR count). The molecule has 96 heavy (non-hydrogen) atoms. The Morgan fingerprint density at radius 1 is 0.542 bits per heavy atom. The summed E-state index contributed by atoms with van der Waals surface area (Å²) in [5, 5.41) is 2.95. The first kappa shape index (κ1) is 66.9. The number of nitrogens with zero attached hydrogens (tertiary/aromatic N) is 6. The van der Waals surface area contributed by atoms with E-state index in [9.17, 15) is 24.0 Å². The number of carbonyl (C=O) groups is 3. The lowest BCUT2D eigenvalue weighted by Gasteiger charge is -2.37. The number of aryl methyl sites for hydroxylation is 4. The lowest BCUT2D eigenvalue weighted by Crippen LogP contribution is -2.34. The van der Waals surface area contributed by atoms with Crippen molar-refractivity contribution in [3.8, 4) is 43.4 Å². The van der Waals surface area contributed by atoms with Gasteiger partial charge in [0, 0.05) is 114 Å². The van der Waals surface area contributed by atoms with Crippen molar-refractivity contribution < 1.29 is 37.5 Å². The second-order valence-corrected chi connectivity index (χ2v) is 28.3. The van der Waals surface area contributed by atoms with Gasteiger partial charge in [0.15, 0.2) is 0 Å². The molecule has 4 aliphatic heterocycles. The summed E-state index contributed by atoms with van der Waals surface area (Å²) >= 11 is 2.96. The Morgan fingerprint density at radius 2 is 0.948 bits per heavy atom. The van der Waals surface area contributed by atoms with E-state index in [-0.39, 0.29) is 30.4 Å². The first-order chi connectivity index (χ1) is 46.6. The Labute approximate surface area is 566 Å². The molecule has 0 atom stereocenters. The minimum absolute atomic E-state index is 0.00742. The molecule has 0 spiro atoms. The number of carbonyl (C=O) groups excluding carboxylic acids is 5. The summed E-state index contributed by atoms with van der Waals surface area (Å²) in [4.78, 5) is 105. The third kappa shape index (κ3) is 13.7. The molecule has 0 saturated carbocycles. The number of esters is 1. The maximum atomic E-state index is 14.7. The predicted octanol–water partition coefficient (Wildman–Crippen LogP) is 16.3. The number of amides is 2. The molecular weight excluding hydrogens is 1250 g/mol. The van der Waals surface area contributed by atoms with Gasteiger partial charge in [-0.2, -0.15) is 9.59 Å². The number of fused-ring (bicyclic) bond motifs is 6. The van der Waals surface area contributed by atoms with Crippen molar-refractivity contribution >= 4 is 100 Å². The number of hydrogen-bond acceptors (Lipinski definition) is 16. The zero-order valence-electron chi connectivity index (χ0n) is 55.7. The lowest BCUT2D eigenvalue weighted by molar-refractivity contribution is -0.191. The van der Waals surface area contributed by atoms with Gasteiger partial charge in [-0.25, -0.2) is 19.6 Å². The number of rotatable bonds is 18. The van der Waals surface area contributed by atoms with Gasteiger partial charge in [0.2, 0.25) is 0 Å². The number of ether oxygens (including phenoxy) is 1. The van der Waals surface area contributed by atoms with E-state index in [1.165, 1.54) is 45.2 Å². The normalized spacial score (nSPS) is 13.9. The molecule has 2 amide bonds. The Hall–Kier alpha value is -9.09. The van der Waals surface area contributed by atoms with Crippen LogP contribution in [0.5, 0.6) is 0 Å². The fourth-order valence-corrected chi connectivity index (χ4v) is 16.5. The van der Waals surface area contributed by atoms with Gasteiger partial charge in [-0.15, -0.1) is 22.7 Å². The SMILES string of the molecule is CCCCN(CCC)C(=O)c1ccccc1-c1c(-c2nc3ccccc3s2)c(=O)oc2c3c4c(cc12)CCCN4CCC3.CCCCN(CCCC(=O)OC(C)(C)C)C(=O)c1ccccc1-c1c(-c2nc3ccccc3s2)c(=O)oc2c3c4c(cc12)CCCN4CCC3.O=C=O. The van der Waals surface area contributed by atoms with Crippen molar-refractivity contribution in [1.29, 1.82) is 0 Å². The molecule has 6 aromatic carbocycles. The van der Waals surface area contributed by atoms with Gasteiger partial charge in [0.25, 0.3) is 11.8 Å². The number of hydrogen-bond donors (Lipinski definition) is 0. The van der Waals surface area contributed by atoms with E-state index in [0.717, 1.165) is 163 Å². The van der Waals surface area contributed by atoms with Crippen LogP contribution in [0.3, 0.4) is 0 Å². The molecule has 0 N–H and O–H groups in total. The van der Waals surface area contributed by atoms with Crippen LogP contribution in [0.25, 0.3) is 85.8 Å². The van der Waals surface area contributed by atoms with Crippen molar-refractivity contribution in [2.45, 2.75) is 143 Å². The van der Waals surface area contributed by atoms with Crippen LogP contribution in [0.15, 0.2) is 128 Å².